The van der Waals surface area contributed by atoms with Crippen LogP contribution in [0, 0.1) is 11.6 Å². The van der Waals surface area contributed by atoms with Crippen LogP contribution in [0.15, 0.2) is 107 Å². The lowest BCUT2D eigenvalue weighted by molar-refractivity contribution is 0.00555. The van der Waals surface area contributed by atoms with Gasteiger partial charge >= 0.3 is 6.09 Å². The van der Waals surface area contributed by atoms with Gasteiger partial charge in [-0.3, -0.25) is 23.1 Å². The number of oxime groups is 1. The lowest BCUT2D eigenvalue weighted by Crippen LogP contribution is -2.50. The Bertz CT molecular complexity index is 2800. The molecule has 1 saturated heterocycles. The van der Waals surface area contributed by atoms with Crippen molar-refractivity contribution in [1.82, 2.24) is 33.8 Å². The summed E-state index contributed by atoms with van der Waals surface area (Å²) >= 11 is 1.96. The van der Waals surface area contributed by atoms with Gasteiger partial charge in [0, 0.05) is 157 Å². The third kappa shape index (κ3) is 34.0. The molecule has 5 aromatic heterocycles. The Labute approximate surface area is 480 Å². The number of likely N-dealkylation sites (tertiary alicyclic amines) is 1. The monoisotopic (exact) mass is 1450 g/mol. The third-order valence-electron chi connectivity index (χ3n) is 8.71. The van der Waals surface area contributed by atoms with Crippen molar-refractivity contribution in [3.63, 3.8) is 0 Å². The summed E-state index contributed by atoms with van der Waals surface area (Å²) in [6.45, 7) is 6.23. The van der Waals surface area contributed by atoms with E-state index in [1.165, 1.54) is 42.7 Å². The van der Waals surface area contributed by atoms with Gasteiger partial charge in [0.15, 0.2) is 5.84 Å². The fourth-order valence-electron chi connectivity index (χ4n) is 5.80. The maximum atomic E-state index is 14.5. The largest absolute Gasteiger partial charge is 0.444 e. The number of pyridine rings is 2. The Hall–Kier alpha value is -8.86. The van der Waals surface area contributed by atoms with Crippen LogP contribution >= 0.6 is 22.6 Å². The molecule has 0 spiro atoms. The SMILES string of the molecule is CC(C)(C)OC(=O)N1CC(c2nc(-c3ccc(F)c(NC(=O)c4cnc5ccccn45)c3)no2)C1.F.FF.FF.FF.FF.FF.FF.FF.FF.FF.FF.FF.FF.FF.N/C(=N\O)c1ccc(F)c(NC(=O)c2cnc3ccccn23)c1.[2H]CI. The van der Waals surface area contributed by atoms with Gasteiger partial charge in [-0.15, -0.1) is 0 Å². The number of anilines is 2. The number of rotatable bonds is 7. The molecule has 3 amide bonds. The van der Waals surface area contributed by atoms with Crippen LogP contribution < -0.4 is 16.4 Å². The highest BCUT2D eigenvalue weighted by atomic mass is 127. The Morgan fingerprint density at radius 3 is 1.41 bits per heavy atom. The number of carbonyl (C=O) groups is 3. The fraction of sp³-hybridized carbons (Fsp3) is 0.200. The number of hydrogen-bond donors (Lipinski definition) is 4. The van der Waals surface area contributed by atoms with E-state index in [-0.39, 0.29) is 50.6 Å². The molecule has 500 valence electrons. The molecule has 1 fully saturated rings. The number of alkyl halides is 1. The number of fused-ring (bicyclic) bond motifs is 2. The van der Waals surface area contributed by atoms with Crippen molar-refractivity contribution in [3.05, 3.63) is 132 Å². The highest BCUT2D eigenvalue weighted by Gasteiger charge is 2.38. The average Bonchev–Trinajstić information content (AvgIpc) is 4.03. The van der Waals surface area contributed by atoms with Crippen molar-refractivity contribution in [2.75, 3.05) is 28.6 Å². The zero-order chi connectivity index (χ0) is 69.8. The van der Waals surface area contributed by atoms with E-state index in [0.29, 0.717) is 40.7 Å². The van der Waals surface area contributed by atoms with Crippen LogP contribution in [-0.4, -0.2) is 86.4 Å². The first kappa shape index (κ1) is 94.5. The molecule has 47 heteroatoms. The molecule has 0 atom stereocenters. The van der Waals surface area contributed by atoms with Crippen molar-refractivity contribution >= 4 is 69.0 Å². The number of carbonyl (C=O) groups excluding carboxylic acids is 3. The number of ether oxygens (including phenoxy) is 1. The summed E-state index contributed by atoms with van der Waals surface area (Å²) in [5.41, 5.74) is 7.28. The average molecular weight is 1450 g/mol. The second-order valence-corrected chi connectivity index (χ2v) is 14.0. The predicted molar refractivity (Wildman–Crippen MR) is 257 cm³/mol. The Kier molecular flexibility index (Phi) is 68.6. The fourth-order valence-corrected chi connectivity index (χ4v) is 5.80. The van der Waals surface area contributed by atoms with E-state index in [0.717, 1.165) is 6.07 Å². The number of hydrogen-bond acceptors (Lipinski definition) is 11. The minimum Gasteiger partial charge on any atom is -0.444 e. The van der Waals surface area contributed by atoms with Gasteiger partial charge in [0.25, 0.3) is 11.8 Å². The number of halogens is 30. The summed E-state index contributed by atoms with van der Waals surface area (Å²) in [5, 5.41) is 20.5. The number of aromatic nitrogens is 6. The Morgan fingerprint density at radius 1 is 0.655 bits per heavy atom. The maximum absolute atomic E-state index is 14.5. The lowest BCUT2D eigenvalue weighted by atomic mass is 10.0. The van der Waals surface area contributed by atoms with E-state index in [1.54, 1.807) is 56.4 Å². The van der Waals surface area contributed by atoms with Crippen LogP contribution in [0.5, 0.6) is 0 Å². The summed E-state index contributed by atoms with van der Waals surface area (Å²) in [6.07, 6.45) is 5.82. The van der Waals surface area contributed by atoms with Gasteiger partial charge in [0.1, 0.15) is 39.9 Å². The molecule has 1 aliphatic heterocycles. The molecule has 2 aromatic carbocycles. The molecule has 8 rings (SSSR count). The predicted octanol–water partition coefficient (Wildman–Crippen LogP) is 18.1. The Balaban J connectivity index is -0.000000146. The van der Waals surface area contributed by atoms with Gasteiger partial charge in [-0.2, -0.15) is 4.98 Å². The molecule has 0 radical (unpaired) electrons. The van der Waals surface area contributed by atoms with Crippen LogP contribution in [0.3, 0.4) is 0 Å². The van der Waals surface area contributed by atoms with E-state index < -0.39 is 35.1 Å². The minimum absolute atomic E-state index is 0. The number of benzene rings is 2. The topological polar surface area (TPSA) is 220 Å². The quantitative estimate of drug-likeness (QED) is 0.0224. The molecule has 0 aliphatic carbocycles. The van der Waals surface area contributed by atoms with Crippen molar-refractivity contribution < 1.29 is 163 Å². The first-order valence-corrected chi connectivity index (χ1v) is 21.3. The van der Waals surface area contributed by atoms with Crippen LogP contribution in [0.1, 0.15) is 60.5 Å². The van der Waals surface area contributed by atoms with Crippen molar-refractivity contribution in [3.8, 4) is 11.4 Å². The molecule has 0 saturated carbocycles. The smallest absolute Gasteiger partial charge is 0.410 e. The molecule has 17 nitrogen and oxygen atoms in total. The zero-order valence-corrected chi connectivity index (χ0v) is 44.6. The van der Waals surface area contributed by atoms with E-state index in [4.69, 9.17) is 141 Å². The second-order valence-electron chi connectivity index (χ2n) is 14.0. The molecule has 7 aromatic rings. The summed E-state index contributed by atoms with van der Waals surface area (Å²) in [5.74, 6) is -1.95. The highest BCUT2D eigenvalue weighted by molar-refractivity contribution is 14.1. The Morgan fingerprint density at radius 2 is 1.03 bits per heavy atom. The van der Waals surface area contributed by atoms with Gasteiger partial charge < -0.3 is 35.7 Å². The van der Waals surface area contributed by atoms with E-state index >= 15 is 0 Å². The summed E-state index contributed by atoms with van der Waals surface area (Å²) in [4.78, 5) is 51.9. The summed E-state index contributed by atoms with van der Waals surface area (Å²) < 4.78 is 256. The molecule has 5 N–H and O–H groups in total. The van der Waals surface area contributed by atoms with Crippen LogP contribution in [0.25, 0.3) is 22.7 Å². The molecule has 0 unspecified atom stereocenters. The maximum Gasteiger partial charge on any atom is 0.410 e. The standard InChI is InChI=1S/C24H23FN6O4.C15H12FN5O2.CH3I.13F2.FH/c1-24(2,3)34-23(33)30-12-15(13-30)22-28-20(29-35-22)14-7-8-16(25)17(10-14)27-21(32)18-11-26-19-6-4-5-9-31(18)19;16-10-5-4-9(14(17)20-23)7-11(10)19-15(22)12-8-18-13-3-1-2-6-21(12)13;14*1-2;/h4-11,15H,12-13H2,1-3H3,(H,27,32);1-8,23H,(H2,17,20)(H,19,22);1H3;;;;;;;;;;;;;;1H/i;;1D;;;;;;;;;;;;;;. The highest BCUT2D eigenvalue weighted by Crippen LogP contribution is 2.30. The first-order chi connectivity index (χ1) is 42.2. The molecular weight excluding hydrogens is 1410 g/mol. The molecule has 87 heavy (non-hydrogen) atoms. The van der Waals surface area contributed by atoms with Gasteiger partial charge in [0.05, 0.1) is 29.7 Å². The number of nitrogens with two attached hydrogens (primary N) is 1. The van der Waals surface area contributed by atoms with E-state index in [2.05, 4.69) is 35.9 Å². The third-order valence-corrected chi connectivity index (χ3v) is 8.71. The minimum atomic E-state index is -0.637. The summed E-state index contributed by atoms with van der Waals surface area (Å²) in [7, 11) is 0. The molecule has 0 bridgehead atoms. The number of nitrogens with one attached hydrogen (secondary N) is 2. The van der Waals surface area contributed by atoms with Crippen molar-refractivity contribution in [2.24, 2.45) is 10.9 Å². The van der Waals surface area contributed by atoms with E-state index in [9.17, 15) is 23.2 Å². The van der Waals surface area contributed by atoms with Crippen molar-refractivity contribution in [1.29, 1.82) is 0 Å². The number of imidazole rings is 2. The molecule has 1 aliphatic rings. The zero-order valence-electron chi connectivity index (χ0n) is 43.4. The van der Waals surface area contributed by atoms with Crippen LogP contribution in [0.2, 0.25) is 0 Å². The lowest BCUT2D eigenvalue weighted by Gasteiger charge is -2.37. The van der Waals surface area contributed by atoms with Gasteiger partial charge in [0.2, 0.25) is 11.7 Å². The normalized spacial score (nSPS) is 9.86. The number of nitrogens with zero attached hydrogens (tertiary/aromatic N) is 8. The first-order valence-electron chi connectivity index (χ1n) is 20.5. The summed E-state index contributed by atoms with van der Waals surface area (Å²) in [6, 6.07) is 18.6. The van der Waals surface area contributed by atoms with Gasteiger partial charge in [-0.25, -0.2) is 23.5 Å². The molecular formula is C40H39F29IN11O6. The van der Waals surface area contributed by atoms with Crippen LogP contribution in [-0.2, 0) is 4.74 Å². The number of amidine groups is 1. The van der Waals surface area contributed by atoms with E-state index in [1.807, 2.05) is 49.4 Å². The second kappa shape index (κ2) is 63.2. The van der Waals surface area contributed by atoms with Crippen molar-refractivity contribution in [2.45, 2.75) is 32.3 Å². The van der Waals surface area contributed by atoms with Crippen LogP contribution in [0.4, 0.5) is 149 Å². The van der Waals surface area contributed by atoms with Gasteiger partial charge in [-0.1, -0.05) is 45.0 Å². The number of amides is 3. The molecule has 6 heterocycles. The van der Waals surface area contributed by atoms with Gasteiger partial charge in [-0.05, 0) is 86.3 Å².